The van der Waals surface area contributed by atoms with Gasteiger partial charge in [-0.05, 0) is 56.0 Å². The van der Waals surface area contributed by atoms with Crippen molar-refractivity contribution in [2.45, 2.75) is 84.9 Å². The highest BCUT2D eigenvalue weighted by molar-refractivity contribution is 6.31. The molecule has 1 aliphatic heterocycles. The van der Waals surface area contributed by atoms with Crippen molar-refractivity contribution in [2.75, 3.05) is 13.2 Å². The summed E-state index contributed by atoms with van der Waals surface area (Å²) in [5, 5.41) is 12.3. The summed E-state index contributed by atoms with van der Waals surface area (Å²) >= 11 is 6.56. The minimum atomic E-state index is -1.48. The molecule has 0 amide bonds. The second-order valence-electron chi connectivity index (χ2n) is 11.3. The second kappa shape index (κ2) is 15.4. The Labute approximate surface area is 271 Å². The van der Waals surface area contributed by atoms with Gasteiger partial charge in [0, 0.05) is 37.8 Å². The van der Waals surface area contributed by atoms with E-state index in [1.165, 1.54) is 46.8 Å². The quantitative estimate of drug-likeness (QED) is 0.128. The third-order valence-electron chi connectivity index (χ3n) is 7.25. The van der Waals surface area contributed by atoms with Crippen molar-refractivity contribution in [3.8, 4) is 5.75 Å². The van der Waals surface area contributed by atoms with Gasteiger partial charge in [0.15, 0.2) is 11.9 Å². The van der Waals surface area contributed by atoms with Crippen molar-refractivity contribution >= 4 is 41.2 Å². The normalized spacial score (nSPS) is 21.1. The Kier molecular flexibility index (Phi) is 12.1. The van der Waals surface area contributed by atoms with Crippen molar-refractivity contribution in [1.82, 2.24) is 0 Å². The van der Waals surface area contributed by atoms with Gasteiger partial charge in [0.05, 0.1) is 17.6 Å². The van der Waals surface area contributed by atoms with Crippen LogP contribution < -0.4 is 4.74 Å². The lowest BCUT2D eigenvalue weighted by molar-refractivity contribution is -0.386. The Balaban J connectivity index is 2.00. The van der Waals surface area contributed by atoms with Crippen LogP contribution in [0.25, 0.3) is 0 Å². The zero-order valence-corrected chi connectivity index (χ0v) is 27.5. The van der Waals surface area contributed by atoms with Crippen molar-refractivity contribution in [1.29, 1.82) is 0 Å². The predicted molar refractivity (Wildman–Crippen MR) is 163 cm³/mol. The molecular weight excluding hydrogens is 626 g/mol. The van der Waals surface area contributed by atoms with E-state index in [-0.39, 0.29) is 31.1 Å². The number of esters is 4. The zero-order chi connectivity index (χ0) is 34.3. The van der Waals surface area contributed by atoms with Crippen molar-refractivity contribution in [2.24, 2.45) is 5.92 Å². The first kappa shape index (κ1) is 36.2. The van der Waals surface area contributed by atoms with Crippen LogP contribution in [0.1, 0.15) is 71.3 Å². The molecule has 3 rings (SSSR count). The van der Waals surface area contributed by atoms with E-state index in [0.717, 1.165) is 0 Å². The number of carbonyl (C=O) groups excluding carboxylic acids is 4. The first-order chi connectivity index (χ1) is 21.5. The van der Waals surface area contributed by atoms with Crippen LogP contribution in [0.3, 0.4) is 0 Å². The molecule has 1 fully saturated rings. The molecule has 3 unspecified atom stereocenters. The van der Waals surface area contributed by atoms with Crippen LogP contribution in [-0.4, -0.2) is 65.9 Å². The van der Waals surface area contributed by atoms with E-state index in [0.29, 0.717) is 21.7 Å². The van der Waals surface area contributed by atoms with Gasteiger partial charge in [0.25, 0.3) is 0 Å². The second-order valence-corrected chi connectivity index (χ2v) is 11.7. The number of carbonyl (C=O) groups is 4. The fourth-order valence-corrected chi connectivity index (χ4v) is 5.25. The Hall–Kier alpha value is -4.23. The van der Waals surface area contributed by atoms with E-state index in [2.05, 4.69) is 0 Å². The molecule has 1 heterocycles. The molecule has 1 saturated heterocycles. The van der Waals surface area contributed by atoms with Crippen LogP contribution in [0.5, 0.6) is 5.75 Å². The van der Waals surface area contributed by atoms with E-state index >= 15 is 0 Å². The van der Waals surface area contributed by atoms with E-state index in [1.54, 1.807) is 38.1 Å². The van der Waals surface area contributed by atoms with Crippen molar-refractivity contribution in [3.63, 3.8) is 0 Å². The molecule has 0 aliphatic carbocycles. The zero-order valence-electron chi connectivity index (χ0n) is 26.7. The first-order valence-electron chi connectivity index (χ1n) is 14.6. The number of hydrogen-bond donors (Lipinski definition) is 0. The van der Waals surface area contributed by atoms with Crippen LogP contribution in [0, 0.1) is 16.0 Å². The highest BCUT2D eigenvalue weighted by Gasteiger charge is 2.48. The fraction of sp³-hybridized carbons (Fsp3) is 0.500. The van der Waals surface area contributed by atoms with E-state index in [1.807, 2.05) is 0 Å². The number of nitro benzene ring substituents is 1. The molecule has 2 aromatic carbocycles. The van der Waals surface area contributed by atoms with Gasteiger partial charge in [0.2, 0.25) is 5.60 Å². The fourth-order valence-electron chi connectivity index (χ4n) is 5.07. The highest BCUT2D eigenvalue weighted by Crippen LogP contribution is 2.40. The molecule has 14 heteroatoms. The lowest BCUT2D eigenvalue weighted by atomic mass is 9.85. The van der Waals surface area contributed by atoms with Gasteiger partial charge in [-0.3, -0.25) is 24.5 Å². The van der Waals surface area contributed by atoms with Crippen LogP contribution in [-0.2, 0) is 49.3 Å². The Morgan fingerprint density at radius 2 is 1.61 bits per heavy atom. The molecule has 0 radical (unpaired) electrons. The maximum absolute atomic E-state index is 12.3. The Morgan fingerprint density at radius 3 is 2.20 bits per heavy atom. The standard InChI is InChI=1S/C32H38ClNO12/c1-8-41-31(38)32(6,7)46-26-12-9-21(14-25(26)34(39)40)13-23-15-22(10-11-24(23)33)29-30(44-20(5)37)28(43-19(4)36)17(2)27(45-29)16-42-18(3)35/h9-12,14-15,17,27-30H,8,13,16H2,1-7H3/t17?,27-,28?,29+,30?/m1/s1. The van der Waals surface area contributed by atoms with Gasteiger partial charge in [-0.25, -0.2) is 4.79 Å². The molecule has 250 valence electrons. The summed E-state index contributed by atoms with van der Waals surface area (Å²) in [5.74, 6) is -3.06. The summed E-state index contributed by atoms with van der Waals surface area (Å²) in [5.41, 5.74) is -0.272. The molecular formula is C32H38ClNO12. The Morgan fingerprint density at radius 1 is 0.957 bits per heavy atom. The van der Waals surface area contributed by atoms with Crippen LogP contribution in [0.4, 0.5) is 5.69 Å². The minimum Gasteiger partial charge on any atom is -0.469 e. The van der Waals surface area contributed by atoms with Gasteiger partial charge in [-0.2, -0.15) is 0 Å². The topological polar surface area (TPSA) is 167 Å². The number of nitro groups is 1. The van der Waals surface area contributed by atoms with Crippen molar-refractivity contribution in [3.05, 3.63) is 68.2 Å². The molecule has 0 bridgehead atoms. The summed E-state index contributed by atoms with van der Waals surface area (Å²) in [4.78, 5) is 59.4. The SMILES string of the molecule is CCOC(=O)C(C)(C)Oc1ccc(Cc2cc([C@@H]3O[C@H](COC(C)=O)C(C)C(OC(C)=O)C3OC(C)=O)ccc2Cl)cc1[N+](=O)[O-]. The summed E-state index contributed by atoms with van der Waals surface area (Å²) in [7, 11) is 0. The van der Waals surface area contributed by atoms with E-state index in [4.69, 9.17) is 40.0 Å². The summed E-state index contributed by atoms with van der Waals surface area (Å²) in [6.45, 7) is 9.97. The lowest BCUT2D eigenvalue weighted by Gasteiger charge is -2.44. The number of benzene rings is 2. The molecule has 0 saturated carbocycles. The molecule has 0 N–H and O–H groups in total. The minimum absolute atomic E-state index is 0.115. The van der Waals surface area contributed by atoms with Gasteiger partial charge in [-0.15, -0.1) is 0 Å². The number of rotatable bonds is 12. The molecule has 1 aliphatic rings. The van der Waals surface area contributed by atoms with Gasteiger partial charge < -0.3 is 28.4 Å². The largest absolute Gasteiger partial charge is 0.469 e. The van der Waals surface area contributed by atoms with Gasteiger partial charge in [0.1, 0.15) is 18.8 Å². The van der Waals surface area contributed by atoms with Crippen LogP contribution in [0.15, 0.2) is 36.4 Å². The summed E-state index contributed by atoms with van der Waals surface area (Å²) in [6.07, 6.45) is -3.54. The summed E-state index contributed by atoms with van der Waals surface area (Å²) < 4.78 is 33.5. The maximum Gasteiger partial charge on any atom is 0.349 e. The highest BCUT2D eigenvalue weighted by atomic mass is 35.5. The number of halogens is 1. The number of ether oxygens (including phenoxy) is 6. The molecule has 13 nitrogen and oxygen atoms in total. The molecule has 0 aromatic heterocycles. The Bertz CT molecular complexity index is 1470. The van der Waals surface area contributed by atoms with Crippen LogP contribution >= 0.6 is 11.6 Å². The van der Waals surface area contributed by atoms with Crippen molar-refractivity contribution < 1.29 is 52.5 Å². The average molecular weight is 664 g/mol. The smallest absolute Gasteiger partial charge is 0.349 e. The summed E-state index contributed by atoms with van der Waals surface area (Å²) in [6, 6.07) is 9.30. The molecule has 0 spiro atoms. The van der Waals surface area contributed by atoms with Crippen LogP contribution in [0.2, 0.25) is 5.02 Å². The van der Waals surface area contributed by atoms with E-state index in [9.17, 15) is 29.3 Å². The third kappa shape index (κ3) is 9.16. The average Bonchev–Trinajstić information content (AvgIpc) is 2.96. The molecule has 5 atom stereocenters. The third-order valence-corrected chi connectivity index (χ3v) is 7.62. The molecule has 46 heavy (non-hydrogen) atoms. The lowest BCUT2D eigenvalue weighted by Crippen LogP contribution is -2.54. The maximum atomic E-state index is 12.3. The van der Waals surface area contributed by atoms with E-state index < -0.39 is 64.7 Å². The van der Waals surface area contributed by atoms with Gasteiger partial charge in [-0.1, -0.05) is 36.7 Å². The number of hydrogen-bond acceptors (Lipinski definition) is 12. The monoisotopic (exact) mass is 663 g/mol. The number of nitrogens with zero attached hydrogens (tertiary/aromatic N) is 1. The predicted octanol–water partition coefficient (Wildman–Crippen LogP) is 5.06. The molecule has 2 aromatic rings. The van der Waals surface area contributed by atoms with Gasteiger partial charge >= 0.3 is 29.6 Å². The first-order valence-corrected chi connectivity index (χ1v) is 15.0.